The number of alkyl halides is 2. The Hall–Kier alpha value is -1.79. The molecule has 0 aliphatic heterocycles. The molecule has 2 rings (SSSR count). The number of aliphatic hydroxyl groups excluding tert-OH is 1. The fraction of sp³-hybridized carbons (Fsp3) is 0.357. The Kier molecular flexibility index (Phi) is 4.81. The summed E-state index contributed by atoms with van der Waals surface area (Å²) in [6.07, 6.45) is 0.885. The zero-order chi connectivity index (χ0) is 14.5. The molecule has 0 saturated carbocycles. The SMILES string of the molecule is CC(NCC(O)C(F)F)c1ccc(-n2ccnc2)cc1. The van der Waals surface area contributed by atoms with E-state index in [1.807, 2.05) is 42.0 Å². The Labute approximate surface area is 116 Å². The van der Waals surface area contributed by atoms with E-state index >= 15 is 0 Å². The number of nitrogens with one attached hydrogen (secondary N) is 1. The van der Waals surface area contributed by atoms with Gasteiger partial charge < -0.3 is 15.0 Å². The summed E-state index contributed by atoms with van der Waals surface area (Å²) in [6, 6.07) is 7.58. The zero-order valence-electron chi connectivity index (χ0n) is 11.1. The van der Waals surface area contributed by atoms with Crippen LogP contribution < -0.4 is 5.32 Å². The zero-order valence-corrected chi connectivity index (χ0v) is 11.1. The minimum absolute atomic E-state index is 0.111. The second kappa shape index (κ2) is 6.58. The molecule has 0 radical (unpaired) electrons. The van der Waals surface area contributed by atoms with E-state index in [0.717, 1.165) is 11.3 Å². The molecular formula is C14H17F2N3O. The van der Waals surface area contributed by atoms with Crippen LogP contribution in [0.4, 0.5) is 8.78 Å². The van der Waals surface area contributed by atoms with Crippen molar-refractivity contribution in [1.82, 2.24) is 14.9 Å². The van der Waals surface area contributed by atoms with Gasteiger partial charge in [-0.25, -0.2) is 13.8 Å². The van der Waals surface area contributed by atoms with Gasteiger partial charge in [-0.1, -0.05) is 12.1 Å². The number of hydrogen-bond donors (Lipinski definition) is 2. The van der Waals surface area contributed by atoms with Crippen molar-refractivity contribution < 1.29 is 13.9 Å². The second-order valence-corrected chi connectivity index (χ2v) is 4.59. The summed E-state index contributed by atoms with van der Waals surface area (Å²) >= 11 is 0. The predicted molar refractivity (Wildman–Crippen MR) is 72.0 cm³/mol. The molecule has 0 fully saturated rings. The fourth-order valence-corrected chi connectivity index (χ4v) is 1.85. The number of benzene rings is 1. The summed E-state index contributed by atoms with van der Waals surface area (Å²) < 4.78 is 26.3. The minimum Gasteiger partial charge on any atom is -0.386 e. The van der Waals surface area contributed by atoms with Gasteiger partial charge in [-0.15, -0.1) is 0 Å². The van der Waals surface area contributed by atoms with Crippen molar-refractivity contribution in [2.24, 2.45) is 0 Å². The van der Waals surface area contributed by atoms with Gasteiger partial charge in [-0.3, -0.25) is 0 Å². The molecule has 0 bridgehead atoms. The molecule has 0 saturated heterocycles. The molecule has 0 aliphatic carbocycles. The molecule has 0 aliphatic rings. The van der Waals surface area contributed by atoms with Crippen molar-refractivity contribution in [2.45, 2.75) is 25.5 Å². The maximum absolute atomic E-state index is 12.2. The first-order valence-electron chi connectivity index (χ1n) is 6.36. The summed E-state index contributed by atoms with van der Waals surface area (Å²) in [5.41, 5.74) is 1.95. The first-order chi connectivity index (χ1) is 9.58. The number of nitrogens with zero attached hydrogens (tertiary/aromatic N) is 2. The van der Waals surface area contributed by atoms with Crippen molar-refractivity contribution in [3.63, 3.8) is 0 Å². The standard InChI is InChI=1S/C14H17F2N3O/c1-10(18-8-13(20)14(15)16)11-2-4-12(5-3-11)19-7-6-17-9-19/h2-7,9-10,13-14,18,20H,8H2,1H3. The fourth-order valence-electron chi connectivity index (χ4n) is 1.85. The van der Waals surface area contributed by atoms with E-state index in [-0.39, 0.29) is 12.6 Å². The maximum atomic E-state index is 12.2. The minimum atomic E-state index is -2.72. The molecule has 0 spiro atoms. The third-order valence-electron chi connectivity index (χ3n) is 3.12. The lowest BCUT2D eigenvalue weighted by atomic mass is 10.1. The lowest BCUT2D eigenvalue weighted by molar-refractivity contribution is -0.00439. The van der Waals surface area contributed by atoms with Gasteiger partial charge >= 0.3 is 0 Å². The second-order valence-electron chi connectivity index (χ2n) is 4.59. The first kappa shape index (κ1) is 14.6. The molecule has 2 N–H and O–H groups in total. The van der Waals surface area contributed by atoms with E-state index in [1.54, 1.807) is 12.5 Å². The van der Waals surface area contributed by atoms with Crippen LogP contribution >= 0.6 is 0 Å². The Morgan fingerprint density at radius 3 is 2.55 bits per heavy atom. The van der Waals surface area contributed by atoms with Crippen LogP contribution in [0.5, 0.6) is 0 Å². The van der Waals surface area contributed by atoms with Crippen molar-refractivity contribution in [1.29, 1.82) is 0 Å². The molecule has 2 unspecified atom stereocenters. The predicted octanol–water partition coefficient (Wildman–Crippen LogP) is 2.15. The Balaban J connectivity index is 1.96. The van der Waals surface area contributed by atoms with Gasteiger partial charge in [0, 0.05) is 30.7 Å². The Bertz CT molecular complexity index is 514. The molecule has 1 aromatic carbocycles. The normalized spacial score (nSPS) is 14.4. The summed E-state index contributed by atoms with van der Waals surface area (Å²) in [5.74, 6) is 0. The summed E-state index contributed by atoms with van der Waals surface area (Å²) in [7, 11) is 0. The van der Waals surface area contributed by atoms with E-state index in [4.69, 9.17) is 5.11 Å². The average Bonchev–Trinajstić information content (AvgIpc) is 2.98. The molecule has 6 heteroatoms. The van der Waals surface area contributed by atoms with Gasteiger partial charge in [-0.2, -0.15) is 0 Å². The quantitative estimate of drug-likeness (QED) is 0.853. The van der Waals surface area contributed by atoms with E-state index < -0.39 is 12.5 Å². The molecule has 1 heterocycles. The largest absolute Gasteiger partial charge is 0.386 e. The van der Waals surface area contributed by atoms with E-state index in [2.05, 4.69) is 10.3 Å². The van der Waals surface area contributed by atoms with Crippen molar-refractivity contribution in [3.05, 3.63) is 48.5 Å². The van der Waals surface area contributed by atoms with Crippen LogP contribution in [-0.4, -0.2) is 33.7 Å². The maximum Gasteiger partial charge on any atom is 0.265 e. The first-order valence-corrected chi connectivity index (χ1v) is 6.36. The molecule has 108 valence electrons. The summed E-state index contributed by atoms with van der Waals surface area (Å²) in [4.78, 5) is 3.97. The van der Waals surface area contributed by atoms with E-state index in [9.17, 15) is 8.78 Å². The summed E-state index contributed by atoms with van der Waals surface area (Å²) in [6.45, 7) is 1.73. The average molecular weight is 281 g/mol. The van der Waals surface area contributed by atoms with Gasteiger partial charge in [0.15, 0.2) is 0 Å². The number of aliphatic hydroxyl groups is 1. The number of rotatable bonds is 6. The van der Waals surface area contributed by atoms with Gasteiger partial charge in [0.2, 0.25) is 0 Å². The van der Waals surface area contributed by atoms with Crippen LogP contribution in [0.1, 0.15) is 18.5 Å². The van der Waals surface area contributed by atoms with Crippen LogP contribution in [0.2, 0.25) is 0 Å². The van der Waals surface area contributed by atoms with E-state index in [1.165, 1.54) is 0 Å². The topological polar surface area (TPSA) is 50.1 Å². The van der Waals surface area contributed by atoms with Gasteiger partial charge in [0.25, 0.3) is 6.43 Å². The van der Waals surface area contributed by atoms with Crippen molar-refractivity contribution in [2.75, 3.05) is 6.54 Å². The molecular weight excluding hydrogens is 264 g/mol. The van der Waals surface area contributed by atoms with Crippen molar-refractivity contribution in [3.8, 4) is 5.69 Å². The molecule has 4 nitrogen and oxygen atoms in total. The lowest BCUT2D eigenvalue weighted by Gasteiger charge is -2.17. The van der Waals surface area contributed by atoms with Gasteiger partial charge in [0.05, 0.1) is 6.33 Å². The Morgan fingerprint density at radius 1 is 1.30 bits per heavy atom. The third kappa shape index (κ3) is 3.61. The molecule has 1 aromatic heterocycles. The highest BCUT2D eigenvalue weighted by molar-refractivity contribution is 5.35. The van der Waals surface area contributed by atoms with Crippen LogP contribution in [-0.2, 0) is 0 Å². The smallest absolute Gasteiger partial charge is 0.265 e. The monoisotopic (exact) mass is 281 g/mol. The van der Waals surface area contributed by atoms with Crippen LogP contribution in [0.15, 0.2) is 43.0 Å². The number of halogens is 2. The number of imidazole rings is 1. The van der Waals surface area contributed by atoms with Crippen molar-refractivity contribution >= 4 is 0 Å². The van der Waals surface area contributed by atoms with E-state index in [0.29, 0.717) is 0 Å². The number of aromatic nitrogens is 2. The van der Waals surface area contributed by atoms with Crippen LogP contribution in [0.25, 0.3) is 5.69 Å². The highest BCUT2D eigenvalue weighted by atomic mass is 19.3. The highest BCUT2D eigenvalue weighted by Crippen LogP contribution is 2.15. The molecule has 20 heavy (non-hydrogen) atoms. The molecule has 2 atom stereocenters. The number of hydrogen-bond acceptors (Lipinski definition) is 3. The highest BCUT2D eigenvalue weighted by Gasteiger charge is 2.17. The third-order valence-corrected chi connectivity index (χ3v) is 3.12. The van der Waals surface area contributed by atoms with Gasteiger partial charge in [0.1, 0.15) is 6.10 Å². The molecule has 2 aromatic rings. The van der Waals surface area contributed by atoms with Gasteiger partial charge in [-0.05, 0) is 24.6 Å². The van der Waals surface area contributed by atoms with Crippen LogP contribution in [0, 0.1) is 0 Å². The lowest BCUT2D eigenvalue weighted by Crippen LogP contribution is -2.33. The molecule has 0 amide bonds. The summed E-state index contributed by atoms with van der Waals surface area (Å²) in [5, 5.41) is 12.0. The van der Waals surface area contributed by atoms with Crippen LogP contribution in [0.3, 0.4) is 0 Å². The Morgan fingerprint density at radius 2 is 2.00 bits per heavy atom.